The topological polar surface area (TPSA) is 30.7 Å². The van der Waals surface area contributed by atoms with Gasteiger partial charge in [0.2, 0.25) is 0 Å². The lowest BCUT2D eigenvalue weighted by molar-refractivity contribution is 0.451. The second-order valence-corrected chi connectivity index (χ2v) is 5.15. The number of hydrogen-bond acceptors (Lipinski definition) is 2. The number of rotatable bonds is 2. The summed E-state index contributed by atoms with van der Waals surface area (Å²) in [5.74, 6) is 0.804. The van der Waals surface area contributed by atoms with Crippen LogP contribution in [0.4, 0.5) is 0 Å². The summed E-state index contributed by atoms with van der Waals surface area (Å²) in [7, 11) is 0. The highest BCUT2D eigenvalue weighted by atomic mass is 79.9. The van der Waals surface area contributed by atoms with Gasteiger partial charge in [0, 0.05) is 16.1 Å². The summed E-state index contributed by atoms with van der Waals surface area (Å²) in [6.07, 6.45) is 6.39. The summed E-state index contributed by atoms with van der Waals surface area (Å²) < 4.78 is 3.06. The van der Waals surface area contributed by atoms with Crippen molar-refractivity contribution in [1.29, 1.82) is 0 Å². The van der Waals surface area contributed by atoms with Crippen LogP contribution in [0.1, 0.15) is 25.8 Å². The van der Waals surface area contributed by atoms with Crippen molar-refractivity contribution in [2.24, 2.45) is 5.92 Å². The van der Waals surface area contributed by atoms with Gasteiger partial charge in [-0.2, -0.15) is 5.10 Å². The van der Waals surface area contributed by atoms with Crippen LogP contribution in [0, 0.1) is 5.92 Å². The maximum atomic E-state index is 4.43. The predicted molar refractivity (Wildman–Crippen MR) is 62.7 cm³/mol. The number of nitrogens with zero attached hydrogens (tertiary/aromatic N) is 3. The second-order valence-electron chi connectivity index (χ2n) is 4.23. The zero-order chi connectivity index (χ0) is 10.4. The van der Waals surface area contributed by atoms with E-state index in [1.165, 1.54) is 12.8 Å². The number of aromatic nitrogens is 3. The van der Waals surface area contributed by atoms with Crippen molar-refractivity contribution in [3.63, 3.8) is 0 Å². The summed E-state index contributed by atoms with van der Waals surface area (Å²) in [6.45, 7) is 2.23. The van der Waals surface area contributed by atoms with E-state index >= 15 is 0 Å². The fourth-order valence-corrected chi connectivity index (χ4v) is 2.34. The van der Waals surface area contributed by atoms with Crippen LogP contribution in [-0.2, 0) is 0 Å². The fourth-order valence-electron chi connectivity index (χ4n) is 1.99. The first-order valence-electron chi connectivity index (χ1n) is 5.24. The predicted octanol–water partition coefficient (Wildman–Crippen LogP) is 3.16. The van der Waals surface area contributed by atoms with Gasteiger partial charge in [0.05, 0.1) is 12.2 Å². The molecule has 0 spiro atoms. The summed E-state index contributed by atoms with van der Waals surface area (Å²) >= 11 is 3.42. The van der Waals surface area contributed by atoms with Crippen molar-refractivity contribution >= 4 is 27.0 Å². The van der Waals surface area contributed by atoms with E-state index in [0.717, 1.165) is 21.4 Å². The van der Waals surface area contributed by atoms with Crippen molar-refractivity contribution in [1.82, 2.24) is 14.8 Å². The van der Waals surface area contributed by atoms with E-state index in [-0.39, 0.29) is 0 Å². The van der Waals surface area contributed by atoms with Gasteiger partial charge in [-0.05, 0) is 47.7 Å². The molecule has 0 N–H and O–H groups in total. The van der Waals surface area contributed by atoms with Crippen LogP contribution in [0.15, 0.2) is 22.9 Å². The molecule has 1 aliphatic carbocycles. The van der Waals surface area contributed by atoms with Crippen LogP contribution < -0.4 is 0 Å². The van der Waals surface area contributed by atoms with Crippen LogP contribution in [0.2, 0.25) is 0 Å². The van der Waals surface area contributed by atoms with Crippen LogP contribution >= 0.6 is 15.9 Å². The van der Waals surface area contributed by atoms with Gasteiger partial charge in [-0.1, -0.05) is 0 Å². The molecule has 78 valence electrons. The van der Waals surface area contributed by atoms with Gasteiger partial charge < -0.3 is 0 Å². The van der Waals surface area contributed by atoms with Crippen LogP contribution in [0.3, 0.4) is 0 Å². The molecule has 1 saturated carbocycles. The Morgan fingerprint density at radius 1 is 1.47 bits per heavy atom. The van der Waals surface area contributed by atoms with Crippen molar-refractivity contribution in [2.75, 3.05) is 0 Å². The highest BCUT2D eigenvalue weighted by Crippen LogP contribution is 2.39. The van der Waals surface area contributed by atoms with Crippen molar-refractivity contribution in [3.8, 4) is 0 Å². The Kier molecular flexibility index (Phi) is 2.06. The number of halogens is 1. The molecule has 1 atom stereocenters. The lowest BCUT2D eigenvalue weighted by atomic mass is 10.2. The first-order valence-corrected chi connectivity index (χ1v) is 6.04. The molecule has 0 aromatic carbocycles. The molecule has 0 amide bonds. The molecular weight excluding hydrogens is 254 g/mol. The lowest BCUT2D eigenvalue weighted by Crippen LogP contribution is -2.09. The molecule has 3 nitrogen and oxygen atoms in total. The second kappa shape index (κ2) is 3.30. The first kappa shape index (κ1) is 9.33. The minimum absolute atomic E-state index is 0.483. The summed E-state index contributed by atoms with van der Waals surface area (Å²) in [6, 6.07) is 2.54. The summed E-state index contributed by atoms with van der Waals surface area (Å²) in [5.41, 5.74) is 0.998. The van der Waals surface area contributed by atoms with Crippen LogP contribution in [0.25, 0.3) is 11.0 Å². The Balaban J connectivity index is 2.10. The van der Waals surface area contributed by atoms with E-state index in [1.807, 2.05) is 12.4 Å². The average molecular weight is 266 g/mol. The molecule has 3 rings (SSSR count). The highest BCUT2D eigenvalue weighted by Gasteiger charge is 2.30. The van der Waals surface area contributed by atoms with Gasteiger partial charge in [0.1, 0.15) is 0 Å². The van der Waals surface area contributed by atoms with Crippen molar-refractivity contribution in [3.05, 3.63) is 22.9 Å². The Hall–Kier alpha value is -0.900. The maximum absolute atomic E-state index is 4.43. The normalized spacial score (nSPS) is 18.3. The van der Waals surface area contributed by atoms with Gasteiger partial charge in [0.25, 0.3) is 0 Å². The lowest BCUT2D eigenvalue weighted by Gasteiger charge is -2.11. The third-order valence-corrected chi connectivity index (χ3v) is 3.52. The summed E-state index contributed by atoms with van der Waals surface area (Å²) in [5, 5.41) is 5.54. The Bertz CT molecular complexity index is 502. The van der Waals surface area contributed by atoms with Gasteiger partial charge >= 0.3 is 0 Å². The molecule has 4 heteroatoms. The van der Waals surface area contributed by atoms with Gasteiger partial charge in [-0.3, -0.25) is 0 Å². The van der Waals surface area contributed by atoms with E-state index in [9.17, 15) is 0 Å². The standard InChI is InChI=1S/C11H12BrN3/c1-7(8-2-3-8)15-11-9(5-14-15)4-10(12)6-13-11/h4-8H,2-3H2,1H3. The molecule has 2 aromatic heterocycles. The van der Waals surface area contributed by atoms with Gasteiger partial charge in [-0.25, -0.2) is 9.67 Å². The highest BCUT2D eigenvalue weighted by molar-refractivity contribution is 9.10. The monoisotopic (exact) mass is 265 g/mol. The number of fused-ring (bicyclic) bond motifs is 1. The maximum Gasteiger partial charge on any atom is 0.158 e. The minimum Gasteiger partial charge on any atom is -0.244 e. The number of hydrogen-bond donors (Lipinski definition) is 0. The summed E-state index contributed by atoms with van der Waals surface area (Å²) in [4.78, 5) is 4.43. The molecule has 0 bridgehead atoms. The zero-order valence-corrected chi connectivity index (χ0v) is 10.1. The molecule has 15 heavy (non-hydrogen) atoms. The molecule has 2 aromatic rings. The smallest absolute Gasteiger partial charge is 0.158 e. The van der Waals surface area contributed by atoms with Crippen LogP contribution in [0.5, 0.6) is 0 Å². The van der Waals surface area contributed by atoms with Gasteiger partial charge in [0.15, 0.2) is 5.65 Å². The molecular formula is C11H12BrN3. The van der Waals surface area contributed by atoms with Crippen LogP contribution in [-0.4, -0.2) is 14.8 Å². The Morgan fingerprint density at radius 2 is 2.27 bits per heavy atom. The zero-order valence-electron chi connectivity index (χ0n) is 8.52. The fraction of sp³-hybridized carbons (Fsp3) is 0.455. The molecule has 0 aliphatic heterocycles. The van der Waals surface area contributed by atoms with E-state index in [4.69, 9.17) is 0 Å². The van der Waals surface area contributed by atoms with E-state index in [2.05, 4.69) is 43.7 Å². The molecule has 0 radical (unpaired) electrons. The first-order chi connectivity index (χ1) is 7.25. The molecule has 1 aliphatic rings. The Morgan fingerprint density at radius 3 is 3.00 bits per heavy atom. The third-order valence-electron chi connectivity index (χ3n) is 3.09. The molecule has 2 heterocycles. The quantitative estimate of drug-likeness (QED) is 0.835. The van der Waals surface area contributed by atoms with Crippen molar-refractivity contribution < 1.29 is 0 Å². The SMILES string of the molecule is CC(C1CC1)n1ncc2cc(Br)cnc21. The third kappa shape index (κ3) is 1.57. The molecule has 1 unspecified atom stereocenters. The average Bonchev–Trinajstić information content (AvgIpc) is 2.98. The minimum atomic E-state index is 0.483. The largest absolute Gasteiger partial charge is 0.244 e. The number of pyridine rings is 1. The van der Waals surface area contributed by atoms with E-state index in [1.54, 1.807) is 0 Å². The van der Waals surface area contributed by atoms with Gasteiger partial charge in [-0.15, -0.1) is 0 Å². The molecule has 0 saturated heterocycles. The Labute approximate surface area is 96.6 Å². The molecule has 1 fully saturated rings. The van der Waals surface area contributed by atoms with E-state index < -0.39 is 0 Å². The van der Waals surface area contributed by atoms with E-state index in [0.29, 0.717) is 6.04 Å². The van der Waals surface area contributed by atoms with Crippen molar-refractivity contribution in [2.45, 2.75) is 25.8 Å².